The fourth-order valence-electron chi connectivity index (χ4n) is 1.60. The maximum absolute atomic E-state index is 5.22. The summed E-state index contributed by atoms with van der Waals surface area (Å²) in [7, 11) is 0.572. The van der Waals surface area contributed by atoms with Gasteiger partial charge in [-0.2, -0.15) is 0 Å². The van der Waals surface area contributed by atoms with Crippen molar-refractivity contribution in [3.8, 4) is 5.75 Å². The zero-order valence-electron chi connectivity index (χ0n) is 10.3. The zero-order chi connectivity index (χ0) is 11.5. The van der Waals surface area contributed by atoms with Crippen LogP contribution in [0.1, 0.15) is 12.5 Å². The van der Waals surface area contributed by atoms with Crippen molar-refractivity contribution in [2.45, 2.75) is 26.6 Å². The largest absolute Gasteiger partial charge is 0.497 e. The van der Waals surface area contributed by atoms with Crippen LogP contribution in [0.25, 0.3) is 5.57 Å². The van der Waals surface area contributed by atoms with Crippen LogP contribution < -0.4 is 4.74 Å². The average molecular weight is 220 g/mol. The van der Waals surface area contributed by atoms with Crippen molar-refractivity contribution in [3.63, 3.8) is 0 Å². The van der Waals surface area contributed by atoms with Gasteiger partial charge in [0.1, 0.15) is 5.75 Å². The third kappa shape index (κ3) is 3.92. The minimum absolute atomic E-state index is 0.927. The molecule has 1 aromatic carbocycles. The lowest BCUT2D eigenvalue weighted by molar-refractivity contribution is 0.414. The van der Waals surface area contributed by atoms with E-state index >= 15 is 0 Å². The quantitative estimate of drug-likeness (QED) is 0.700. The predicted molar refractivity (Wildman–Crippen MR) is 70.0 cm³/mol. The first-order valence-corrected chi connectivity index (χ1v) is 8.84. The van der Waals surface area contributed by atoms with E-state index in [1.54, 1.807) is 7.11 Å². The molecule has 0 radical (unpaired) electrons. The van der Waals surface area contributed by atoms with Crippen molar-refractivity contribution >= 4 is 13.6 Å². The summed E-state index contributed by atoms with van der Waals surface area (Å²) in [5.74, 6) is 0.927. The molecule has 15 heavy (non-hydrogen) atoms. The smallest absolute Gasteiger partial charge is 0.119 e. The first-order valence-electron chi connectivity index (χ1n) is 5.26. The number of hydrogen-bond acceptors (Lipinski definition) is 1. The third-order valence-corrected chi connectivity index (χ3v) is 3.47. The van der Waals surface area contributed by atoms with Crippen molar-refractivity contribution in [1.82, 2.24) is 0 Å². The zero-order valence-corrected chi connectivity index (χ0v) is 11.3. The van der Waals surface area contributed by atoms with Crippen LogP contribution in [-0.2, 0) is 0 Å². The van der Waals surface area contributed by atoms with E-state index in [0.717, 1.165) is 5.75 Å². The van der Waals surface area contributed by atoms with Gasteiger partial charge in [0.05, 0.1) is 15.2 Å². The van der Waals surface area contributed by atoms with E-state index in [-0.39, 0.29) is 0 Å². The summed E-state index contributed by atoms with van der Waals surface area (Å²) < 4.78 is 5.22. The van der Waals surface area contributed by atoms with Crippen molar-refractivity contribution in [2.24, 2.45) is 0 Å². The molecular weight excluding hydrogens is 200 g/mol. The molecular formula is C13H20OSi. The molecule has 0 atom stereocenters. The molecule has 0 heterocycles. The Morgan fingerprint density at radius 2 is 1.93 bits per heavy atom. The molecule has 0 spiro atoms. The molecule has 0 bridgehead atoms. The molecule has 2 heteroatoms. The van der Waals surface area contributed by atoms with E-state index < -0.39 is 8.07 Å². The van der Waals surface area contributed by atoms with Crippen LogP contribution in [0.5, 0.6) is 5.75 Å². The molecule has 0 amide bonds. The molecule has 0 aliphatic rings. The van der Waals surface area contributed by atoms with Gasteiger partial charge in [0, 0.05) is 0 Å². The lowest BCUT2D eigenvalue weighted by atomic mass is 10.1. The maximum atomic E-state index is 5.22. The summed E-state index contributed by atoms with van der Waals surface area (Å²) >= 11 is 0. The Kier molecular flexibility index (Phi) is 3.75. The van der Waals surface area contributed by atoms with Gasteiger partial charge in [-0.1, -0.05) is 43.0 Å². The summed E-state index contributed by atoms with van der Waals surface area (Å²) in [5, 5.41) is 0. The standard InChI is InChI=1S/C13H20OSi/c1-11(10-15(3,4)5)12-7-6-8-13(9-12)14-2/h6-10H,1-5H3. The lowest BCUT2D eigenvalue weighted by Crippen LogP contribution is -2.16. The molecule has 1 nitrogen and oxygen atoms in total. The van der Waals surface area contributed by atoms with Gasteiger partial charge < -0.3 is 4.74 Å². The topological polar surface area (TPSA) is 9.23 Å². The molecule has 0 N–H and O–H groups in total. The van der Waals surface area contributed by atoms with E-state index in [1.807, 2.05) is 12.1 Å². The van der Waals surface area contributed by atoms with E-state index in [4.69, 9.17) is 4.74 Å². The monoisotopic (exact) mass is 220 g/mol. The normalized spacial score (nSPS) is 12.7. The molecule has 0 fully saturated rings. The average Bonchev–Trinajstić information content (AvgIpc) is 2.15. The van der Waals surface area contributed by atoms with Crippen LogP contribution in [0.2, 0.25) is 19.6 Å². The highest BCUT2D eigenvalue weighted by Gasteiger charge is 2.10. The summed E-state index contributed by atoms with van der Waals surface area (Å²) in [6.07, 6.45) is 0. The van der Waals surface area contributed by atoms with Gasteiger partial charge in [-0.25, -0.2) is 0 Å². The van der Waals surface area contributed by atoms with Gasteiger partial charge in [0.15, 0.2) is 0 Å². The lowest BCUT2D eigenvalue weighted by Gasteiger charge is -2.12. The maximum Gasteiger partial charge on any atom is 0.119 e. The number of benzene rings is 1. The Morgan fingerprint density at radius 3 is 2.47 bits per heavy atom. The second kappa shape index (κ2) is 4.66. The molecule has 0 saturated carbocycles. The van der Waals surface area contributed by atoms with Gasteiger partial charge in [-0.3, -0.25) is 0 Å². The summed E-state index contributed by atoms with van der Waals surface area (Å²) in [5.41, 5.74) is 5.03. The molecule has 0 unspecified atom stereocenters. The van der Waals surface area contributed by atoms with Crippen LogP contribution in [0.3, 0.4) is 0 Å². The summed E-state index contributed by atoms with van der Waals surface area (Å²) in [6, 6.07) is 8.24. The Bertz CT molecular complexity index is 361. The predicted octanol–water partition coefficient (Wildman–Crippen LogP) is 3.98. The number of rotatable bonds is 3. The van der Waals surface area contributed by atoms with Crippen molar-refractivity contribution in [3.05, 3.63) is 35.5 Å². The molecule has 1 rings (SSSR count). The van der Waals surface area contributed by atoms with Crippen molar-refractivity contribution in [2.75, 3.05) is 7.11 Å². The van der Waals surface area contributed by atoms with E-state index in [1.165, 1.54) is 11.1 Å². The van der Waals surface area contributed by atoms with Gasteiger partial charge in [-0.15, -0.1) is 0 Å². The fourth-order valence-corrected chi connectivity index (χ4v) is 3.07. The highest BCUT2D eigenvalue weighted by molar-refractivity contribution is 6.81. The van der Waals surface area contributed by atoms with E-state index in [2.05, 4.69) is 44.4 Å². The second-order valence-electron chi connectivity index (χ2n) is 4.93. The summed E-state index contributed by atoms with van der Waals surface area (Å²) in [4.78, 5) is 0. The highest BCUT2D eigenvalue weighted by Crippen LogP contribution is 2.21. The molecule has 0 aromatic heterocycles. The third-order valence-electron chi connectivity index (χ3n) is 2.17. The Balaban J connectivity index is 3.01. The van der Waals surface area contributed by atoms with E-state index in [9.17, 15) is 0 Å². The SMILES string of the molecule is COc1cccc(C(C)=C[Si](C)(C)C)c1. The van der Waals surface area contributed by atoms with Gasteiger partial charge in [0.2, 0.25) is 0 Å². The number of ether oxygens (including phenoxy) is 1. The minimum atomic E-state index is -1.13. The van der Waals surface area contributed by atoms with Crippen LogP contribution in [0, 0.1) is 0 Å². The van der Waals surface area contributed by atoms with Gasteiger partial charge in [0.25, 0.3) is 0 Å². The first kappa shape index (κ1) is 12.0. The molecule has 0 aliphatic carbocycles. The van der Waals surface area contributed by atoms with Crippen LogP contribution in [0.15, 0.2) is 30.0 Å². The van der Waals surface area contributed by atoms with Crippen LogP contribution in [0.4, 0.5) is 0 Å². The molecule has 82 valence electrons. The van der Waals surface area contributed by atoms with E-state index in [0.29, 0.717) is 0 Å². The Morgan fingerprint density at radius 1 is 1.27 bits per heavy atom. The second-order valence-corrected chi connectivity index (χ2v) is 9.95. The van der Waals surface area contributed by atoms with Crippen molar-refractivity contribution in [1.29, 1.82) is 0 Å². The fraction of sp³-hybridized carbons (Fsp3) is 0.385. The summed E-state index contributed by atoms with van der Waals surface area (Å²) in [6.45, 7) is 9.21. The first-order chi connectivity index (χ1) is 6.92. The number of allylic oxidation sites excluding steroid dienone is 1. The van der Waals surface area contributed by atoms with Crippen LogP contribution >= 0.6 is 0 Å². The number of hydrogen-bond donors (Lipinski definition) is 0. The number of methoxy groups -OCH3 is 1. The van der Waals surface area contributed by atoms with Gasteiger partial charge in [-0.05, 0) is 24.6 Å². The van der Waals surface area contributed by atoms with Gasteiger partial charge >= 0.3 is 0 Å². The molecule has 0 aliphatic heterocycles. The molecule has 1 aromatic rings. The van der Waals surface area contributed by atoms with Crippen molar-refractivity contribution < 1.29 is 4.74 Å². The highest BCUT2D eigenvalue weighted by atomic mass is 28.3. The Labute approximate surface area is 93.8 Å². The Hall–Kier alpha value is -1.02. The molecule has 0 saturated heterocycles. The minimum Gasteiger partial charge on any atom is -0.497 e. The van der Waals surface area contributed by atoms with Crippen LogP contribution in [-0.4, -0.2) is 15.2 Å².